The first kappa shape index (κ1) is 22.3. The van der Waals surface area contributed by atoms with Crippen LogP contribution < -0.4 is 10.4 Å². The van der Waals surface area contributed by atoms with Gasteiger partial charge in [-0.3, -0.25) is 4.57 Å². The smallest absolute Gasteiger partial charge is 0.336 e. The maximum Gasteiger partial charge on any atom is 0.336 e. The third kappa shape index (κ3) is 4.09. The first-order chi connectivity index (χ1) is 15.3. The largest absolute Gasteiger partial charge is 0.493 e. The SMILES string of the molecule is CCCCCn1c(=O)n2cnnc2c2[nH]c(-c3cc(S(=O)(=O)Cl)ccc3OCCC)nc21. The molecule has 0 atom stereocenters. The van der Waals surface area contributed by atoms with Crippen molar-refractivity contribution >= 4 is 36.5 Å². The van der Waals surface area contributed by atoms with Crippen molar-refractivity contribution in [2.45, 2.75) is 51.0 Å². The van der Waals surface area contributed by atoms with E-state index in [2.05, 4.69) is 27.1 Å². The van der Waals surface area contributed by atoms with Crippen molar-refractivity contribution in [2.24, 2.45) is 0 Å². The van der Waals surface area contributed by atoms with Crippen LogP contribution in [0.3, 0.4) is 0 Å². The van der Waals surface area contributed by atoms with E-state index in [-0.39, 0.29) is 10.6 Å². The molecule has 12 heteroatoms. The Hall–Kier alpha value is -2.92. The number of unbranched alkanes of at least 4 members (excludes halogenated alkanes) is 2. The number of aryl methyl sites for hydroxylation is 1. The second-order valence-corrected chi connectivity index (χ2v) is 9.96. The molecule has 4 aromatic rings. The highest BCUT2D eigenvalue weighted by atomic mass is 35.7. The number of nitrogens with one attached hydrogen (secondary N) is 1. The minimum absolute atomic E-state index is 0.0774. The van der Waals surface area contributed by atoms with Crippen molar-refractivity contribution in [3.8, 4) is 17.1 Å². The summed E-state index contributed by atoms with van der Waals surface area (Å²) in [6, 6.07) is 4.34. The Bertz CT molecular complexity index is 1440. The highest BCUT2D eigenvalue weighted by molar-refractivity contribution is 8.13. The molecule has 0 bridgehead atoms. The Kier molecular flexibility index (Phi) is 6.20. The van der Waals surface area contributed by atoms with Crippen molar-refractivity contribution in [2.75, 3.05) is 6.61 Å². The average molecular weight is 479 g/mol. The van der Waals surface area contributed by atoms with E-state index >= 15 is 0 Å². The summed E-state index contributed by atoms with van der Waals surface area (Å²) in [5.74, 6) is 0.792. The van der Waals surface area contributed by atoms with Gasteiger partial charge in [-0.2, -0.15) is 0 Å². The van der Waals surface area contributed by atoms with Crippen LogP contribution in [-0.4, -0.2) is 44.2 Å². The minimum atomic E-state index is -3.96. The van der Waals surface area contributed by atoms with Crippen LogP contribution in [0, 0.1) is 0 Å². The number of aromatic nitrogens is 6. The molecule has 1 aromatic carbocycles. The van der Waals surface area contributed by atoms with Gasteiger partial charge in [0.25, 0.3) is 9.05 Å². The predicted octanol–water partition coefficient (Wildman–Crippen LogP) is 3.34. The van der Waals surface area contributed by atoms with Crippen molar-refractivity contribution in [1.82, 2.24) is 29.1 Å². The standard InChI is InChI=1S/C20H23ClN6O4S/c1-3-5-6-9-26-18-16(19-25-22-12-27(19)20(26)28)23-17(24-18)14-11-13(32(21,29)30)7-8-15(14)31-10-4-2/h7-8,11-12H,3-6,9-10H2,1-2H3,(H,23,24). The van der Waals surface area contributed by atoms with Gasteiger partial charge < -0.3 is 9.72 Å². The zero-order valence-electron chi connectivity index (χ0n) is 17.7. The third-order valence-corrected chi connectivity index (χ3v) is 6.43. The molecule has 10 nitrogen and oxygen atoms in total. The molecule has 32 heavy (non-hydrogen) atoms. The molecule has 0 amide bonds. The number of ether oxygens (including phenoxy) is 1. The van der Waals surface area contributed by atoms with Gasteiger partial charge in [0.15, 0.2) is 11.3 Å². The summed E-state index contributed by atoms with van der Waals surface area (Å²) in [6.45, 7) is 4.98. The summed E-state index contributed by atoms with van der Waals surface area (Å²) in [7, 11) is 1.60. The zero-order chi connectivity index (χ0) is 22.9. The van der Waals surface area contributed by atoms with Gasteiger partial charge in [-0.15, -0.1) is 10.2 Å². The zero-order valence-corrected chi connectivity index (χ0v) is 19.3. The van der Waals surface area contributed by atoms with Crippen LogP contribution in [0.4, 0.5) is 0 Å². The molecule has 170 valence electrons. The number of hydrogen-bond acceptors (Lipinski definition) is 7. The van der Waals surface area contributed by atoms with Crippen LogP contribution in [0.2, 0.25) is 0 Å². The van der Waals surface area contributed by atoms with Crippen molar-refractivity contribution in [3.63, 3.8) is 0 Å². The lowest BCUT2D eigenvalue weighted by molar-refractivity contribution is 0.318. The van der Waals surface area contributed by atoms with Gasteiger partial charge in [-0.25, -0.2) is 22.6 Å². The van der Waals surface area contributed by atoms with Gasteiger partial charge in [0.1, 0.15) is 23.4 Å². The molecule has 0 aliphatic rings. The van der Waals surface area contributed by atoms with Gasteiger partial charge in [0.2, 0.25) is 0 Å². The van der Waals surface area contributed by atoms with E-state index in [4.69, 9.17) is 15.4 Å². The Morgan fingerprint density at radius 2 is 1.97 bits per heavy atom. The lowest BCUT2D eigenvalue weighted by Crippen LogP contribution is -2.27. The van der Waals surface area contributed by atoms with E-state index in [1.807, 2.05) is 6.92 Å². The Morgan fingerprint density at radius 1 is 1.16 bits per heavy atom. The summed E-state index contributed by atoms with van der Waals surface area (Å²) in [5.41, 5.74) is 1.41. The Labute approximate surface area is 188 Å². The molecule has 1 N–H and O–H groups in total. The Balaban J connectivity index is 1.95. The van der Waals surface area contributed by atoms with Crippen LogP contribution in [0.25, 0.3) is 28.2 Å². The topological polar surface area (TPSA) is 124 Å². The molecule has 4 rings (SSSR count). The van der Waals surface area contributed by atoms with Crippen molar-refractivity contribution in [3.05, 3.63) is 35.0 Å². The number of hydrogen-bond donors (Lipinski definition) is 1. The molecule has 0 aliphatic carbocycles. The van der Waals surface area contributed by atoms with Crippen LogP contribution >= 0.6 is 10.7 Å². The fourth-order valence-corrected chi connectivity index (χ4v) is 4.29. The fraction of sp³-hybridized carbons (Fsp3) is 0.400. The fourth-order valence-electron chi connectivity index (χ4n) is 3.51. The molecule has 0 spiro atoms. The van der Waals surface area contributed by atoms with E-state index in [1.165, 1.54) is 22.9 Å². The lowest BCUT2D eigenvalue weighted by atomic mass is 10.2. The highest BCUT2D eigenvalue weighted by Crippen LogP contribution is 2.33. The number of rotatable bonds is 9. The number of aromatic amines is 1. The summed E-state index contributed by atoms with van der Waals surface area (Å²) in [6.07, 6.45) is 4.93. The van der Waals surface area contributed by atoms with Crippen LogP contribution in [-0.2, 0) is 15.6 Å². The minimum Gasteiger partial charge on any atom is -0.493 e. The second kappa shape index (κ2) is 8.91. The van der Waals surface area contributed by atoms with Crippen LogP contribution in [0.1, 0.15) is 39.5 Å². The van der Waals surface area contributed by atoms with Gasteiger partial charge in [0.05, 0.1) is 17.1 Å². The van der Waals surface area contributed by atoms with Crippen molar-refractivity contribution in [1.29, 1.82) is 0 Å². The van der Waals surface area contributed by atoms with Gasteiger partial charge >= 0.3 is 5.69 Å². The third-order valence-electron chi connectivity index (χ3n) is 5.08. The summed E-state index contributed by atoms with van der Waals surface area (Å²) >= 11 is 0. The average Bonchev–Trinajstić information content (AvgIpc) is 3.41. The molecule has 3 aromatic heterocycles. The quantitative estimate of drug-likeness (QED) is 0.289. The molecule has 0 saturated carbocycles. The molecule has 0 fully saturated rings. The van der Waals surface area contributed by atoms with E-state index in [0.717, 1.165) is 25.7 Å². The van der Waals surface area contributed by atoms with E-state index in [0.29, 0.717) is 47.1 Å². The van der Waals surface area contributed by atoms with Crippen LogP contribution in [0.5, 0.6) is 5.75 Å². The first-order valence-electron chi connectivity index (χ1n) is 10.4. The number of benzene rings is 1. The van der Waals surface area contributed by atoms with Gasteiger partial charge in [-0.05, 0) is 31.0 Å². The molecular formula is C20H23ClN6O4S. The monoisotopic (exact) mass is 478 g/mol. The predicted molar refractivity (Wildman–Crippen MR) is 121 cm³/mol. The van der Waals surface area contributed by atoms with Crippen LogP contribution in [0.15, 0.2) is 34.2 Å². The highest BCUT2D eigenvalue weighted by Gasteiger charge is 2.21. The number of imidazole rings is 1. The molecule has 3 heterocycles. The number of halogens is 1. The van der Waals surface area contributed by atoms with E-state index < -0.39 is 9.05 Å². The summed E-state index contributed by atoms with van der Waals surface area (Å²) in [4.78, 5) is 20.8. The molecule has 0 radical (unpaired) electrons. The maximum absolute atomic E-state index is 13.0. The normalized spacial score (nSPS) is 12.1. The van der Waals surface area contributed by atoms with Gasteiger partial charge in [-0.1, -0.05) is 26.7 Å². The maximum atomic E-state index is 13.0. The van der Waals surface area contributed by atoms with Gasteiger partial charge in [0, 0.05) is 17.2 Å². The lowest BCUT2D eigenvalue weighted by Gasteiger charge is -2.10. The Morgan fingerprint density at radius 3 is 2.69 bits per heavy atom. The molecule has 0 saturated heterocycles. The summed E-state index contributed by atoms with van der Waals surface area (Å²) in [5, 5.41) is 7.93. The number of H-pyrrole nitrogens is 1. The first-order valence-corrected chi connectivity index (χ1v) is 12.7. The molecular weight excluding hydrogens is 456 g/mol. The number of nitrogens with zero attached hydrogens (tertiary/aromatic N) is 5. The van der Waals surface area contributed by atoms with E-state index in [1.54, 1.807) is 10.6 Å². The molecule has 0 aliphatic heterocycles. The second-order valence-electron chi connectivity index (χ2n) is 7.39. The summed E-state index contributed by atoms with van der Waals surface area (Å²) < 4.78 is 32.6. The number of fused-ring (bicyclic) bond motifs is 3. The van der Waals surface area contributed by atoms with Crippen molar-refractivity contribution < 1.29 is 13.2 Å². The van der Waals surface area contributed by atoms with E-state index in [9.17, 15) is 13.2 Å². The molecule has 0 unspecified atom stereocenters.